The van der Waals surface area contributed by atoms with Crippen LogP contribution in [0, 0.1) is 0 Å². The Balaban J connectivity index is 1.67. The molecule has 0 bridgehead atoms. The summed E-state index contributed by atoms with van der Waals surface area (Å²) < 4.78 is 53.7. The summed E-state index contributed by atoms with van der Waals surface area (Å²) in [6.45, 7) is 2.36. The molecule has 0 aliphatic carbocycles. The number of nitrogens with one attached hydrogen (secondary N) is 2. The van der Waals surface area contributed by atoms with Gasteiger partial charge in [-0.3, -0.25) is 4.79 Å². The van der Waals surface area contributed by atoms with Crippen molar-refractivity contribution in [2.45, 2.75) is 36.0 Å². The van der Waals surface area contributed by atoms with Crippen LogP contribution in [0.3, 0.4) is 0 Å². The zero-order chi connectivity index (χ0) is 20.1. The fourth-order valence-electron chi connectivity index (χ4n) is 3.49. The Labute approximate surface area is 162 Å². The zero-order valence-electron chi connectivity index (χ0n) is 15.2. The predicted octanol–water partition coefficient (Wildman–Crippen LogP) is 1.82. The van der Waals surface area contributed by atoms with Crippen molar-refractivity contribution in [3.63, 3.8) is 0 Å². The van der Waals surface area contributed by atoms with Gasteiger partial charge in [-0.05, 0) is 55.7 Å². The Bertz CT molecular complexity index is 877. The van der Waals surface area contributed by atoms with Crippen molar-refractivity contribution in [3.05, 3.63) is 54.0 Å². The molecule has 2 N–H and O–H groups in total. The highest BCUT2D eigenvalue weighted by molar-refractivity contribution is 7.91. The number of benzene rings is 1. The molecule has 1 saturated heterocycles. The van der Waals surface area contributed by atoms with Gasteiger partial charge in [0.05, 0.1) is 30.8 Å². The maximum Gasteiger partial charge on any atom is 0.341 e. The number of sulfone groups is 1. The monoisotopic (exact) mass is 413 g/mol. The van der Waals surface area contributed by atoms with E-state index in [1.807, 2.05) is 12.1 Å². The molecule has 0 saturated carbocycles. The maximum atomic E-state index is 12.6. The molecular formula is C19H23F2N2O4S+. The number of quaternary nitrogens is 1. The van der Waals surface area contributed by atoms with Gasteiger partial charge in [0.15, 0.2) is 11.8 Å². The quantitative estimate of drug-likeness (QED) is 0.726. The summed E-state index contributed by atoms with van der Waals surface area (Å²) in [5, 5.41) is 2.85. The number of likely N-dealkylation sites (tertiary alicyclic amines) is 1. The summed E-state index contributed by atoms with van der Waals surface area (Å²) in [5.74, 6) is -3.08. The minimum Gasteiger partial charge on any atom is -0.463 e. The molecule has 3 rings (SSSR count). The predicted molar refractivity (Wildman–Crippen MR) is 98.0 cm³/mol. The van der Waals surface area contributed by atoms with Crippen molar-refractivity contribution < 1.29 is 31.3 Å². The molecule has 0 spiro atoms. The molecule has 1 amide bonds. The number of carbonyl (C=O) groups is 1. The van der Waals surface area contributed by atoms with Crippen LogP contribution in [-0.4, -0.2) is 39.7 Å². The molecule has 2 heterocycles. The van der Waals surface area contributed by atoms with Crippen molar-refractivity contribution in [1.82, 2.24) is 5.32 Å². The number of amides is 1. The Hall–Kier alpha value is -2.26. The van der Waals surface area contributed by atoms with E-state index in [9.17, 15) is 22.0 Å². The third kappa shape index (κ3) is 4.59. The Morgan fingerprint density at radius 3 is 2.36 bits per heavy atom. The van der Waals surface area contributed by atoms with Gasteiger partial charge in [-0.2, -0.15) is 8.78 Å². The highest BCUT2D eigenvalue weighted by Gasteiger charge is 2.29. The third-order valence-electron chi connectivity index (χ3n) is 5.02. The number of hydrogen-bond acceptors (Lipinski definition) is 4. The largest absolute Gasteiger partial charge is 0.463 e. The smallest absolute Gasteiger partial charge is 0.341 e. The highest BCUT2D eigenvalue weighted by atomic mass is 32.2. The van der Waals surface area contributed by atoms with Crippen molar-refractivity contribution in [2.24, 2.45) is 0 Å². The van der Waals surface area contributed by atoms with E-state index in [4.69, 9.17) is 4.42 Å². The number of halogens is 2. The molecule has 2 aromatic rings. The van der Waals surface area contributed by atoms with Gasteiger partial charge in [-0.1, -0.05) is 0 Å². The average Bonchev–Trinajstić information content (AvgIpc) is 3.23. The number of rotatable bonds is 7. The van der Waals surface area contributed by atoms with Crippen LogP contribution in [0.5, 0.6) is 0 Å². The molecule has 1 aliphatic rings. The third-order valence-corrected chi connectivity index (χ3v) is 6.42. The lowest BCUT2D eigenvalue weighted by Gasteiger charge is -2.30. The van der Waals surface area contributed by atoms with E-state index in [2.05, 4.69) is 5.32 Å². The van der Waals surface area contributed by atoms with Crippen molar-refractivity contribution >= 4 is 15.7 Å². The van der Waals surface area contributed by atoms with Crippen LogP contribution >= 0.6 is 0 Å². The van der Waals surface area contributed by atoms with E-state index >= 15 is 0 Å². The number of carbonyl (C=O) groups excluding carboxylic acids is 1. The number of hydrogen-bond donors (Lipinski definition) is 2. The van der Waals surface area contributed by atoms with E-state index < -0.39 is 26.4 Å². The van der Waals surface area contributed by atoms with Crippen LogP contribution in [0.1, 0.15) is 41.4 Å². The van der Waals surface area contributed by atoms with Gasteiger partial charge in [-0.25, -0.2) is 8.42 Å². The van der Waals surface area contributed by atoms with Gasteiger partial charge < -0.3 is 14.6 Å². The van der Waals surface area contributed by atoms with Crippen molar-refractivity contribution in [1.29, 1.82) is 0 Å². The Morgan fingerprint density at radius 1 is 1.11 bits per heavy atom. The molecule has 1 aromatic carbocycles. The standard InChI is InChI=1S/C19H22F2N2O4S/c20-19(21)28(25,26)15-8-6-14(7-9-15)18(24)22-13-16(17-5-4-12-27-17)23-10-2-1-3-11-23/h4-9,12,16,19H,1-3,10-11,13H2,(H,22,24)/p+1/t16-/m1/s1. The number of alkyl halides is 2. The minimum atomic E-state index is -4.67. The lowest BCUT2D eigenvalue weighted by atomic mass is 10.1. The highest BCUT2D eigenvalue weighted by Crippen LogP contribution is 2.19. The SMILES string of the molecule is O=C(NC[C@H](c1ccco1)[NH+]1CCCCC1)c1ccc(S(=O)(=O)C(F)F)cc1. The molecule has 152 valence electrons. The van der Waals surface area contributed by atoms with Crippen LogP contribution in [0.4, 0.5) is 8.78 Å². The van der Waals surface area contributed by atoms with Crippen LogP contribution in [0.15, 0.2) is 52.0 Å². The molecule has 9 heteroatoms. The first-order chi connectivity index (χ1) is 13.4. The molecule has 1 fully saturated rings. The van der Waals surface area contributed by atoms with Crippen molar-refractivity contribution in [3.8, 4) is 0 Å². The first-order valence-electron chi connectivity index (χ1n) is 9.18. The fourth-order valence-corrected chi connectivity index (χ4v) is 4.21. The Kier molecular flexibility index (Phi) is 6.46. The summed E-state index contributed by atoms with van der Waals surface area (Å²) in [7, 11) is -4.67. The van der Waals surface area contributed by atoms with Crippen LogP contribution in [0.25, 0.3) is 0 Å². The second kappa shape index (κ2) is 8.83. The average molecular weight is 413 g/mol. The summed E-state index contributed by atoms with van der Waals surface area (Å²) in [5.41, 5.74) is 0.208. The van der Waals surface area contributed by atoms with Crippen LogP contribution < -0.4 is 10.2 Å². The second-order valence-electron chi connectivity index (χ2n) is 6.83. The summed E-state index contributed by atoms with van der Waals surface area (Å²) in [6.07, 6.45) is 5.06. The molecule has 28 heavy (non-hydrogen) atoms. The van der Waals surface area contributed by atoms with Gasteiger partial charge in [0.1, 0.15) is 0 Å². The molecule has 6 nitrogen and oxygen atoms in total. The molecule has 0 radical (unpaired) electrons. The summed E-state index contributed by atoms with van der Waals surface area (Å²) in [4.78, 5) is 13.3. The second-order valence-corrected chi connectivity index (χ2v) is 8.74. The minimum absolute atomic E-state index is 0.0160. The molecule has 1 aromatic heterocycles. The van der Waals surface area contributed by atoms with E-state index in [0.29, 0.717) is 6.54 Å². The first kappa shape index (κ1) is 20.5. The molecule has 1 aliphatic heterocycles. The van der Waals surface area contributed by atoms with Gasteiger partial charge in [0.2, 0.25) is 9.84 Å². The normalized spacial score (nSPS) is 16.8. The van der Waals surface area contributed by atoms with Crippen molar-refractivity contribution in [2.75, 3.05) is 19.6 Å². The topological polar surface area (TPSA) is 80.8 Å². The molecule has 1 atom stereocenters. The van der Waals surface area contributed by atoms with Crippen LogP contribution in [-0.2, 0) is 9.84 Å². The fraction of sp³-hybridized carbons (Fsp3) is 0.421. The summed E-state index contributed by atoms with van der Waals surface area (Å²) in [6, 6.07) is 8.21. The van der Waals surface area contributed by atoms with E-state index in [1.165, 1.54) is 23.5 Å². The van der Waals surface area contributed by atoms with E-state index in [1.54, 1.807) is 6.26 Å². The lowest BCUT2D eigenvalue weighted by Crippen LogP contribution is -3.13. The maximum absolute atomic E-state index is 12.6. The Morgan fingerprint density at radius 2 is 1.79 bits per heavy atom. The molecule has 0 unspecified atom stereocenters. The summed E-state index contributed by atoms with van der Waals surface area (Å²) >= 11 is 0. The first-order valence-corrected chi connectivity index (χ1v) is 10.7. The van der Waals surface area contributed by atoms with Crippen LogP contribution in [0.2, 0.25) is 0 Å². The van der Waals surface area contributed by atoms with Gasteiger partial charge >= 0.3 is 5.76 Å². The molecular weight excluding hydrogens is 390 g/mol. The number of furan rings is 1. The number of piperidine rings is 1. The van der Waals surface area contributed by atoms with Gasteiger partial charge in [0, 0.05) is 5.56 Å². The van der Waals surface area contributed by atoms with Gasteiger partial charge in [-0.15, -0.1) is 0 Å². The van der Waals surface area contributed by atoms with Gasteiger partial charge in [0.25, 0.3) is 5.91 Å². The van der Waals surface area contributed by atoms with E-state index in [0.717, 1.165) is 43.8 Å². The lowest BCUT2D eigenvalue weighted by molar-refractivity contribution is -0.936. The zero-order valence-corrected chi connectivity index (χ0v) is 16.1. The van der Waals surface area contributed by atoms with E-state index in [-0.39, 0.29) is 11.6 Å².